The fraction of sp³-hybridized carbons (Fsp3) is 0. The quantitative estimate of drug-likeness (QED) is 0.162. The molecule has 2 nitrogen and oxygen atoms in total. The van der Waals surface area contributed by atoms with E-state index in [2.05, 4.69) is 217 Å². The molecule has 0 bridgehead atoms. The third kappa shape index (κ3) is 5.91. The average molecular weight is 740 g/mol. The zero-order chi connectivity index (χ0) is 38.4. The van der Waals surface area contributed by atoms with Crippen molar-refractivity contribution < 1.29 is 4.42 Å². The Balaban J connectivity index is 0.957. The molecule has 0 saturated carbocycles. The van der Waals surface area contributed by atoms with Gasteiger partial charge in [0.15, 0.2) is 0 Å². The van der Waals surface area contributed by atoms with Crippen molar-refractivity contribution in [1.29, 1.82) is 0 Å². The van der Waals surface area contributed by atoms with E-state index in [1.54, 1.807) is 0 Å². The number of benzene rings is 10. The van der Waals surface area contributed by atoms with Gasteiger partial charge in [-0.15, -0.1) is 0 Å². The highest BCUT2D eigenvalue weighted by molar-refractivity contribution is 6.09. The van der Waals surface area contributed by atoms with Crippen molar-refractivity contribution in [3.63, 3.8) is 0 Å². The summed E-state index contributed by atoms with van der Waals surface area (Å²) in [5.41, 5.74) is 14.5. The maximum absolute atomic E-state index is 6.41. The number of hydrogen-bond donors (Lipinski definition) is 0. The Morgan fingerprint density at radius 2 is 0.621 bits per heavy atom. The van der Waals surface area contributed by atoms with Crippen molar-refractivity contribution in [2.75, 3.05) is 4.90 Å². The third-order valence-electron chi connectivity index (χ3n) is 11.5. The molecule has 0 aliphatic heterocycles. The standard InChI is InChI=1S/C56H37NO/c1-3-14-48-40(10-1)12-7-17-50(48)42-24-22-38(23-25-42)39-26-32-45(33-27-39)57(46-34-28-43(29-35-46)51-18-8-13-41-11-2-4-15-49(41)51)47-36-30-44(31-37-47)52-19-9-20-54-53-16-5-6-21-55(53)58-56(52)54/h1-37H. The van der Waals surface area contributed by atoms with Gasteiger partial charge < -0.3 is 9.32 Å². The minimum absolute atomic E-state index is 0.906. The molecule has 0 aliphatic carbocycles. The molecule has 58 heavy (non-hydrogen) atoms. The number of anilines is 3. The molecule has 272 valence electrons. The average Bonchev–Trinajstić information content (AvgIpc) is 3.69. The Kier molecular flexibility index (Phi) is 8.19. The predicted molar refractivity (Wildman–Crippen MR) is 245 cm³/mol. The van der Waals surface area contributed by atoms with E-state index in [4.69, 9.17) is 4.42 Å². The molecule has 0 amide bonds. The maximum atomic E-state index is 6.41. The summed E-state index contributed by atoms with van der Waals surface area (Å²) in [5, 5.41) is 7.29. The summed E-state index contributed by atoms with van der Waals surface area (Å²) in [4.78, 5) is 2.34. The Labute approximate surface area is 337 Å². The Morgan fingerprint density at radius 3 is 1.17 bits per heavy atom. The van der Waals surface area contributed by atoms with Crippen molar-refractivity contribution in [1.82, 2.24) is 0 Å². The first-order valence-electron chi connectivity index (χ1n) is 19.8. The van der Waals surface area contributed by atoms with E-state index in [0.29, 0.717) is 0 Å². The number of rotatable bonds is 7. The van der Waals surface area contributed by atoms with Gasteiger partial charge in [-0.1, -0.05) is 182 Å². The number of hydrogen-bond acceptors (Lipinski definition) is 2. The fourth-order valence-corrected chi connectivity index (χ4v) is 8.60. The zero-order valence-corrected chi connectivity index (χ0v) is 31.7. The molecule has 1 aromatic heterocycles. The van der Waals surface area contributed by atoms with Gasteiger partial charge in [0.1, 0.15) is 11.2 Å². The van der Waals surface area contributed by atoms with Gasteiger partial charge >= 0.3 is 0 Å². The van der Waals surface area contributed by atoms with Crippen LogP contribution >= 0.6 is 0 Å². The molecule has 0 N–H and O–H groups in total. The van der Waals surface area contributed by atoms with Gasteiger partial charge in [-0.3, -0.25) is 0 Å². The molecular weight excluding hydrogens is 703 g/mol. The second-order valence-electron chi connectivity index (χ2n) is 14.9. The molecule has 0 spiro atoms. The molecule has 10 aromatic carbocycles. The van der Waals surface area contributed by atoms with Crippen LogP contribution in [-0.2, 0) is 0 Å². The van der Waals surface area contributed by atoms with Crippen molar-refractivity contribution in [2.45, 2.75) is 0 Å². The van der Waals surface area contributed by atoms with E-state index in [1.165, 1.54) is 54.9 Å². The number of fused-ring (bicyclic) bond motifs is 5. The molecular formula is C56H37NO. The number of nitrogens with zero attached hydrogens (tertiary/aromatic N) is 1. The van der Waals surface area contributed by atoms with Crippen molar-refractivity contribution in [3.8, 4) is 44.5 Å². The molecule has 0 radical (unpaired) electrons. The fourth-order valence-electron chi connectivity index (χ4n) is 8.60. The Hall–Kier alpha value is -7.68. The van der Waals surface area contributed by atoms with E-state index in [-0.39, 0.29) is 0 Å². The van der Waals surface area contributed by atoms with Gasteiger partial charge in [0.25, 0.3) is 0 Å². The smallest absolute Gasteiger partial charge is 0.143 e. The van der Waals surface area contributed by atoms with E-state index in [1.807, 2.05) is 12.1 Å². The normalized spacial score (nSPS) is 11.4. The predicted octanol–water partition coefficient (Wildman–Crippen LogP) is 16.0. The summed E-state index contributed by atoms with van der Waals surface area (Å²) in [6.45, 7) is 0. The first-order chi connectivity index (χ1) is 28.7. The lowest BCUT2D eigenvalue weighted by molar-refractivity contribution is 0.670. The summed E-state index contributed by atoms with van der Waals surface area (Å²) in [5.74, 6) is 0. The zero-order valence-electron chi connectivity index (χ0n) is 31.7. The maximum Gasteiger partial charge on any atom is 0.143 e. The summed E-state index contributed by atoms with van der Waals surface area (Å²) < 4.78 is 6.41. The van der Waals surface area contributed by atoms with Gasteiger partial charge in [-0.25, -0.2) is 0 Å². The van der Waals surface area contributed by atoms with E-state index >= 15 is 0 Å². The van der Waals surface area contributed by atoms with Gasteiger partial charge in [-0.2, -0.15) is 0 Å². The van der Waals surface area contributed by atoms with Crippen molar-refractivity contribution in [2.24, 2.45) is 0 Å². The van der Waals surface area contributed by atoms with Crippen LogP contribution in [0, 0.1) is 0 Å². The highest BCUT2D eigenvalue weighted by atomic mass is 16.3. The largest absolute Gasteiger partial charge is 0.455 e. The first-order valence-corrected chi connectivity index (χ1v) is 19.8. The molecule has 1 heterocycles. The molecule has 0 atom stereocenters. The van der Waals surface area contributed by atoms with Crippen LogP contribution in [0.25, 0.3) is 88.0 Å². The van der Waals surface area contributed by atoms with E-state index in [9.17, 15) is 0 Å². The van der Waals surface area contributed by atoms with Crippen LogP contribution in [0.3, 0.4) is 0 Å². The van der Waals surface area contributed by atoms with Gasteiger partial charge in [0.2, 0.25) is 0 Å². The van der Waals surface area contributed by atoms with Crippen LogP contribution in [0.1, 0.15) is 0 Å². The molecule has 11 rings (SSSR count). The molecule has 11 aromatic rings. The van der Waals surface area contributed by atoms with Crippen LogP contribution in [0.2, 0.25) is 0 Å². The summed E-state index contributed by atoms with van der Waals surface area (Å²) in [6, 6.07) is 80.6. The van der Waals surface area contributed by atoms with Crippen molar-refractivity contribution >= 4 is 60.5 Å². The summed E-state index contributed by atoms with van der Waals surface area (Å²) in [6.07, 6.45) is 0. The van der Waals surface area contributed by atoms with E-state index in [0.717, 1.165) is 50.1 Å². The van der Waals surface area contributed by atoms with Crippen LogP contribution in [0.5, 0.6) is 0 Å². The minimum Gasteiger partial charge on any atom is -0.455 e. The second-order valence-corrected chi connectivity index (χ2v) is 14.9. The highest BCUT2D eigenvalue weighted by Gasteiger charge is 2.16. The molecule has 0 saturated heterocycles. The highest BCUT2D eigenvalue weighted by Crippen LogP contribution is 2.41. The summed E-state index contributed by atoms with van der Waals surface area (Å²) in [7, 11) is 0. The summed E-state index contributed by atoms with van der Waals surface area (Å²) >= 11 is 0. The van der Waals surface area contributed by atoms with Gasteiger partial charge in [0.05, 0.1) is 0 Å². The first kappa shape index (κ1) is 33.6. The Morgan fingerprint density at radius 1 is 0.259 bits per heavy atom. The minimum atomic E-state index is 0.906. The van der Waals surface area contributed by atoms with E-state index < -0.39 is 0 Å². The van der Waals surface area contributed by atoms with Crippen LogP contribution in [0.15, 0.2) is 229 Å². The number of furan rings is 1. The van der Waals surface area contributed by atoms with Crippen molar-refractivity contribution in [3.05, 3.63) is 224 Å². The van der Waals surface area contributed by atoms with Crippen LogP contribution in [0.4, 0.5) is 17.1 Å². The second kappa shape index (κ2) is 14.1. The molecule has 2 heteroatoms. The lowest BCUT2D eigenvalue weighted by atomic mass is 9.96. The molecule has 0 unspecified atom stereocenters. The van der Waals surface area contributed by atoms with Crippen LogP contribution < -0.4 is 4.90 Å². The Bertz CT molecular complexity index is 3240. The van der Waals surface area contributed by atoms with Gasteiger partial charge in [-0.05, 0) is 103 Å². The molecule has 0 aliphatic rings. The SMILES string of the molecule is c1ccc2c(-c3ccc(-c4ccc(N(c5ccc(-c6cccc7ccccc67)cc5)c5ccc(-c6cccc7c6oc6ccccc67)cc5)cc4)cc3)cccc2c1. The third-order valence-corrected chi connectivity index (χ3v) is 11.5. The monoisotopic (exact) mass is 739 g/mol. The lowest BCUT2D eigenvalue weighted by Crippen LogP contribution is -2.09. The van der Waals surface area contributed by atoms with Gasteiger partial charge in [0, 0.05) is 33.4 Å². The molecule has 0 fully saturated rings. The van der Waals surface area contributed by atoms with Crippen LogP contribution in [-0.4, -0.2) is 0 Å². The lowest BCUT2D eigenvalue weighted by Gasteiger charge is -2.26. The topological polar surface area (TPSA) is 16.4 Å². The number of para-hydroxylation sites is 2.